The van der Waals surface area contributed by atoms with Gasteiger partial charge in [-0.25, -0.2) is 0 Å². The molecular formula is C15H17NO2. The smallest absolute Gasteiger partial charge is 0.260 e. The van der Waals surface area contributed by atoms with E-state index >= 15 is 0 Å². The quantitative estimate of drug-likeness (QED) is 0.604. The van der Waals surface area contributed by atoms with Crippen LogP contribution in [0.5, 0.6) is 0 Å². The van der Waals surface area contributed by atoms with Crippen LogP contribution in [0, 0.1) is 0 Å². The topological polar surface area (TPSA) is 37.4 Å². The number of hydrogen-bond donors (Lipinski definition) is 0. The minimum Gasteiger partial charge on any atom is -0.281 e. The first-order chi connectivity index (χ1) is 8.52. The summed E-state index contributed by atoms with van der Waals surface area (Å²) < 4.78 is 0. The van der Waals surface area contributed by atoms with E-state index < -0.39 is 5.41 Å². The number of fused-ring (bicyclic) bond motifs is 1. The molecule has 3 heteroatoms. The van der Waals surface area contributed by atoms with E-state index in [9.17, 15) is 9.59 Å². The van der Waals surface area contributed by atoms with Gasteiger partial charge in [-0.15, -0.1) is 6.58 Å². The van der Waals surface area contributed by atoms with Crippen molar-refractivity contribution in [1.82, 2.24) is 4.90 Å². The molecule has 1 atom stereocenters. The Morgan fingerprint density at radius 1 is 1.33 bits per heavy atom. The summed E-state index contributed by atoms with van der Waals surface area (Å²) in [5.41, 5.74) is 0.832. The standard InChI is InChI=1S/C15H17NO2/c1-4-5-10-15(2)12-9-7-6-8-11(12)13(17)16(3)14(15)18/h4,6-9H,1,5,10H2,2-3H3. The SMILES string of the molecule is C=CCCC1(C)C(=O)N(C)C(=O)c2ccccc21. The summed E-state index contributed by atoms with van der Waals surface area (Å²) in [6.45, 7) is 5.60. The van der Waals surface area contributed by atoms with Crippen LogP contribution in [0.3, 0.4) is 0 Å². The van der Waals surface area contributed by atoms with Gasteiger partial charge in [0.05, 0.1) is 5.41 Å². The predicted octanol–water partition coefficient (Wildman–Crippen LogP) is 2.52. The fourth-order valence-electron chi connectivity index (χ4n) is 2.54. The molecule has 18 heavy (non-hydrogen) atoms. The average molecular weight is 243 g/mol. The molecule has 0 fully saturated rings. The summed E-state index contributed by atoms with van der Waals surface area (Å²) in [7, 11) is 1.55. The van der Waals surface area contributed by atoms with Gasteiger partial charge >= 0.3 is 0 Å². The maximum Gasteiger partial charge on any atom is 0.260 e. The van der Waals surface area contributed by atoms with Crippen LogP contribution in [0.15, 0.2) is 36.9 Å². The second-order valence-corrected chi connectivity index (χ2v) is 4.87. The Morgan fingerprint density at radius 2 is 2.00 bits per heavy atom. The molecule has 3 nitrogen and oxygen atoms in total. The zero-order valence-corrected chi connectivity index (χ0v) is 10.8. The first-order valence-corrected chi connectivity index (χ1v) is 6.05. The van der Waals surface area contributed by atoms with Gasteiger partial charge in [0.1, 0.15) is 0 Å². The van der Waals surface area contributed by atoms with E-state index in [0.717, 1.165) is 12.0 Å². The molecule has 1 aromatic carbocycles. The zero-order valence-electron chi connectivity index (χ0n) is 10.8. The van der Waals surface area contributed by atoms with E-state index in [4.69, 9.17) is 0 Å². The highest BCUT2D eigenvalue weighted by molar-refractivity contribution is 6.12. The van der Waals surface area contributed by atoms with Gasteiger partial charge in [0.2, 0.25) is 5.91 Å². The summed E-state index contributed by atoms with van der Waals surface area (Å²) in [6, 6.07) is 7.36. The van der Waals surface area contributed by atoms with Gasteiger partial charge in [-0.05, 0) is 31.4 Å². The maximum absolute atomic E-state index is 12.4. The molecule has 0 saturated carbocycles. The van der Waals surface area contributed by atoms with Crippen molar-refractivity contribution >= 4 is 11.8 Å². The third-order valence-electron chi connectivity index (χ3n) is 3.68. The highest BCUT2D eigenvalue weighted by Gasteiger charge is 2.45. The van der Waals surface area contributed by atoms with Crippen LogP contribution in [0.2, 0.25) is 0 Å². The monoisotopic (exact) mass is 243 g/mol. The van der Waals surface area contributed by atoms with Crippen molar-refractivity contribution in [2.75, 3.05) is 7.05 Å². The highest BCUT2D eigenvalue weighted by atomic mass is 16.2. The lowest BCUT2D eigenvalue weighted by Crippen LogP contribution is -2.51. The molecular weight excluding hydrogens is 226 g/mol. The number of likely N-dealkylation sites (N-methyl/N-ethyl adjacent to an activating group) is 1. The van der Waals surface area contributed by atoms with E-state index in [0.29, 0.717) is 12.0 Å². The third kappa shape index (κ3) is 1.67. The number of allylic oxidation sites excluding steroid dienone is 1. The predicted molar refractivity (Wildman–Crippen MR) is 70.3 cm³/mol. The Bertz CT molecular complexity index is 521. The zero-order chi connectivity index (χ0) is 13.3. The molecule has 0 saturated heterocycles. The van der Waals surface area contributed by atoms with Crippen molar-refractivity contribution < 1.29 is 9.59 Å². The lowest BCUT2D eigenvalue weighted by Gasteiger charge is -2.38. The Morgan fingerprint density at radius 3 is 2.67 bits per heavy atom. The fourth-order valence-corrected chi connectivity index (χ4v) is 2.54. The molecule has 0 aromatic heterocycles. The van der Waals surface area contributed by atoms with Crippen molar-refractivity contribution in [3.05, 3.63) is 48.0 Å². The van der Waals surface area contributed by atoms with Crippen LogP contribution in [0.4, 0.5) is 0 Å². The van der Waals surface area contributed by atoms with Crippen molar-refractivity contribution in [2.45, 2.75) is 25.2 Å². The van der Waals surface area contributed by atoms with Gasteiger partial charge in [-0.3, -0.25) is 14.5 Å². The van der Waals surface area contributed by atoms with E-state index in [1.807, 2.05) is 25.1 Å². The summed E-state index contributed by atoms with van der Waals surface area (Å²) in [5, 5.41) is 0. The molecule has 1 aromatic rings. The molecule has 1 aliphatic heterocycles. The van der Waals surface area contributed by atoms with E-state index in [1.54, 1.807) is 19.2 Å². The van der Waals surface area contributed by atoms with Gasteiger partial charge in [-0.2, -0.15) is 0 Å². The molecule has 0 aliphatic carbocycles. The molecule has 0 radical (unpaired) electrons. The third-order valence-corrected chi connectivity index (χ3v) is 3.68. The first kappa shape index (κ1) is 12.6. The van der Waals surface area contributed by atoms with E-state index in [2.05, 4.69) is 6.58 Å². The Hall–Kier alpha value is -1.90. The van der Waals surface area contributed by atoms with Crippen LogP contribution >= 0.6 is 0 Å². The summed E-state index contributed by atoms with van der Waals surface area (Å²) in [5.74, 6) is -0.347. The van der Waals surface area contributed by atoms with Crippen molar-refractivity contribution in [3.63, 3.8) is 0 Å². The Kier molecular flexibility index (Phi) is 3.07. The summed E-state index contributed by atoms with van der Waals surface area (Å²) in [6.07, 6.45) is 3.22. The second-order valence-electron chi connectivity index (χ2n) is 4.87. The lowest BCUT2D eigenvalue weighted by atomic mass is 9.73. The molecule has 94 valence electrons. The number of carbonyl (C=O) groups excluding carboxylic acids is 2. The normalized spacial score (nSPS) is 22.9. The molecule has 0 bridgehead atoms. The molecule has 2 amide bonds. The molecule has 1 heterocycles. The van der Waals surface area contributed by atoms with Gasteiger partial charge in [0.25, 0.3) is 5.91 Å². The van der Waals surface area contributed by atoms with E-state index in [1.165, 1.54) is 4.90 Å². The average Bonchev–Trinajstić information content (AvgIpc) is 2.41. The number of carbonyl (C=O) groups is 2. The number of hydrogen-bond acceptors (Lipinski definition) is 2. The van der Waals surface area contributed by atoms with Gasteiger partial charge < -0.3 is 0 Å². The van der Waals surface area contributed by atoms with Crippen molar-refractivity contribution in [3.8, 4) is 0 Å². The minimum atomic E-state index is -0.632. The fraction of sp³-hybridized carbons (Fsp3) is 0.333. The molecule has 1 unspecified atom stereocenters. The van der Waals surface area contributed by atoms with Crippen LogP contribution < -0.4 is 0 Å². The van der Waals surface area contributed by atoms with Gasteiger partial charge in [0, 0.05) is 12.6 Å². The van der Waals surface area contributed by atoms with Gasteiger partial charge in [0.15, 0.2) is 0 Å². The number of rotatable bonds is 3. The van der Waals surface area contributed by atoms with E-state index in [-0.39, 0.29) is 11.8 Å². The number of nitrogens with zero attached hydrogens (tertiary/aromatic N) is 1. The van der Waals surface area contributed by atoms with Crippen molar-refractivity contribution in [2.24, 2.45) is 0 Å². The summed E-state index contributed by atoms with van der Waals surface area (Å²) >= 11 is 0. The lowest BCUT2D eigenvalue weighted by molar-refractivity contribution is -0.134. The maximum atomic E-state index is 12.4. The van der Waals surface area contributed by atoms with Crippen LogP contribution in [0.1, 0.15) is 35.7 Å². The van der Waals surface area contributed by atoms with Gasteiger partial charge in [-0.1, -0.05) is 24.3 Å². The molecule has 2 rings (SSSR count). The molecule has 1 aliphatic rings. The van der Waals surface area contributed by atoms with Crippen molar-refractivity contribution in [1.29, 1.82) is 0 Å². The highest BCUT2D eigenvalue weighted by Crippen LogP contribution is 2.37. The van der Waals surface area contributed by atoms with Crippen LogP contribution in [0.25, 0.3) is 0 Å². The number of benzene rings is 1. The Balaban J connectivity index is 2.58. The largest absolute Gasteiger partial charge is 0.281 e. The Labute approximate surface area is 107 Å². The first-order valence-electron chi connectivity index (χ1n) is 6.05. The summed E-state index contributed by atoms with van der Waals surface area (Å²) in [4.78, 5) is 25.7. The van der Waals surface area contributed by atoms with Crippen LogP contribution in [-0.2, 0) is 10.2 Å². The van der Waals surface area contributed by atoms with Crippen LogP contribution in [-0.4, -0.2) is 23.8 Å². The molecule has 0 spiro atoms. The second kappa shape index (κ2) is 4.41. The molecule has 0 N–H and O–H groups in total. The number of imide groups is 1. The minimum absolute atomic E-state index is 0.131. The number of amides is 2.